The molecule has 0 spiro atoms. The van der Waals surface area contributed by atoms with Crippen molar-refractivity contribution in [3.63, 3.8) is 0 Å². The lowest BCUT2D eigenvalue weighted by Crippen LogP contribution is -2.25. The van der Waals surface area contributed by atoms with Crippen LogP contribution in [0.4, 0.5) is 5.69 Å². The monoisotopic (exact) mass is 373 g/mol. The van der Waals surface area contributed by atoms with E-state index in [2.05, 4.69) is 10.3 Å². The Morgan fingerprint density at radius 1 is 1.27 bits per heavy atom. The van der Waals surface area contributed by atoms with Gasteiger partial charge in [0.2, 0.25) is 11.8 Å². The molecule has 1 fully saturated rings. The molecule has 3 rings (SSSR count). The summed E-state index contributed by atoms with van der Waals surface area (Å²) < 4.78 is 5.30. The van der Waals surface area contributed by atoms with E-state index in [1.165, 1.54) is 0 Å². The summed E-state index contributed by atoms with van der Waals surface area (Å²) in [4.78, 5) is 30.0. The topological polar surface area (TPSA) is 71.5 Å². The van der Waals surface area contributed by atoms with Crippen molar-refractivity contribution < 1.29 is 14.3 Å². The molecule has 1 N–H and O–H groups in total. The van der Waals surface area contributed by atoms with Crippen molar-refractivity contribution in [1.29, 1.82) is 0 Å². The highest BCUT2D eigenvalue weighted by molar-refractivity contribution is 6.33. The van der Waals surface area contributed by atoms with Crippen LogP contribution in [0.15, 0.2) is 36.4 Å². The zero-order chi connectivity index (χ0) is 18.5. The third-order valence-electron chi connectivity index (χ3n) is 4.10. The molecule has 0 atom stereocenters. The molecule has 1 aromatic carbocycles. The number of anilines is 1. The normalized spacial score (nSPS) is 13.8. The smallest absolute Gasteiger partial charge is 0.271 e. The van der Waals surface area contributed by atoms with Crippen molar-refractivity contribution in [2.24, 2.45) is 0 Å². The maximum absolute atomic E-state index is 12.3. The number of nitrogens with one attached hydrogen (secondary N) is 1. The molecule has 0 unspecified atom stereocenters. The molecule has 136 valence electrons. The highest BCUT2D eigenvalue weighted by atomic mass is 35.5. The van der Waals surface area contributed by atoms with E-state index in [0.717, 1.165) is 24.2 Å². The van der Waals surface area contributed by atoms with E-state index in [-0.39, 0.29) is 22.5 Å². The first kappa shape index (κ1) is 18.2. The van der Waals surface area contributed by atoms with E-state index >= 15 is 0 Å². The lowest BCUT2D eigenvalue weighted by Gasteiger charge is -2.16. The summed E-state index contributed by atoms with van der Waals surface area (Å²) in [6, 6.07) is 10.8. The van der Waals surface area contributed by atoms with Crippen LogP contribution in [0.5, 0.6) is 5.88 Å². The van der Waals surface area contributed by atoms with Crippen LogP contribution >= 0.6 is 11.6 Å². The third kappa shape index (κ3) is 4.14. The van der Waals surface area contributed by atoms with Gasteiger partial charge in [0.1, 0.15) is 0 Å². The van der Waals surface area contributed by atoms with Gasteiger partial charge < -0.3 is 15.0 Å². The van der Waals surface area contributed by atoms with Gasteiger partial charge >= 0.3 is 0 Å². The summed E-state index contributed by atoms with van der Waals surface area (Å²) >= 11 is 6.06. The van der Waals surface area contributed by atoms with Crippen LogP contribution in [-0.4, -0.2) is 29.9 Å². The Bertz CT molecular complexity index is 808. The zero-order valence-electron chi connectivity index (χ0n) is 14.5. The van der Waals surface area contributed by atoms with Crippen LogP contribution in [0.2, 0.25) is 5.02 Å². The average molecular weight is 374 g/mol. The van der Waals surface area contributed by atoms with Crippen molar-refractivity contribution in [2.45, 2.75) is 26.3 Å². The zero-order valence-corrected chi connectivity index (χ0v) is 15.3. The summed E-state index contributed by atoms with van der Waals surface area (Å²) in [5.41, 5.74) is 1.94. The Hall–Kier alpha value is -2.60. The van der Waals surface area contributed by atoms with Gasteiger partial charge in [-0.15, -0.1) is 0 Å². The Kier molecular flexibility index (Phi) is 5.73. The van der Waals surface area contributed by atoms with Crippen LogP contribution < -0.4 is 15.0 Å². The standard InChI is InChI=1S/C19H20ClN3O3/c1-2-26-16-10-9-15(20)18(22-16)19(25)21-12-13-5-7-14(8-6-13)23-11-3-4-17(23)24/h5-10H,2-4,11-12H2,1H3,(H,21,25). The maximum atomic E-state index is 12.3. The quantitative estimate of drug-likeness (QED) is 0.844. The van der Waals surface area contributed by atoms with E-state index in [9.17, 15) is 9.59 Å². The number of carbonyl (C=O) groups excluding carboxylic acids is 2. The number of carbonyl (C=O) groups is 2. The Morgan fingerprint density at radius 3 is 2.69 bits per heavy atom. The first-order valence-electron chi connectivity index (χ1n) is 8.55. The van der Waals surface area contributed by atoms with E-state index in [1.807, 2.05) is 31.2 Å². The van der Waals surface area contributed by atoms with Crippen LogP contribution in [0, 0.1) is 0 Å². The fourth-order valence-electron chi connectivity index (χ4n) is 2.79. The summed E-state index contributed by atoms with van der Waals surface area (Å²) in [5.74, 6) is 0.151. The number of benzene rings is 1. The fraction of sp³-hybridized carbons (Fsp3) is 0.316. The van der Waals surface area contributed by atoms with Gasteiger partial charge in [0, 0.05) is 31.3 Å². The molecule has 26 heavy (non-hydrogen) atoms. The molecule has 0 radical (unpaired) electrons. The molecule has 6 nitrogen and oxygen atoms in total. The number of nitrogens with zero attached hydrogens (tertiary/aromatic N) is 2. The molecule has 0 saturated carbocycles. The number of ether oxygens (including phenoxy) is 1. The molecule has 0 aliphatic carbocycles. The van der Waals surface area contributed by atoms with E-state index in [4.69, 9.17) is 16.3 Å². The first-order valence-corrected chi connectivity index (χ1v) is 8.93. The van der Waals surface area contributed by atoms with Crippen LogP contribution in [0.3, 0.4) is 0 Å². The second kappa shape index (κ2) is 8.19. The SMILES string of the molecule is CCOc1ccc(Cl)c(C(=O)NCc2ccc(N3CCCC3=O)cc2)n1. The summed E-state index contributed by atoms with van der Waals surface area (Å²) in [6.45, 7) is 3.40. The first-order chi connectivity index (χ1) is 12.6. The molecule has 1 aromatic heterocycles. The molecule has 0 bridgehead atoms. The van der Waals surface area contributed by atoms with Gasteiger partial charge in [-0.05, 0) is 37.1 Å². The molecular weight excluding hydrogens is 354 g/mol. The number of amides is 2. The van der Waals surface area contributed by atoms with Gasteiger partial charge in [0.05, 0.1) is 11.6 Å². The summed E-state index contributed by atoms with van der Waals surface area (Å²) in [6.07, 6.45) is 1.50. The van der Waals surface area contributed by atoms with Gasteiger partial charge in [-0.1, -0.05) is 23.7 Å². The highest BCUT2D eigenvalue weighted by Crippen LogP contribution is 2.22. The van der Waals surface area contributed by atoms with Crippen molar-refractivity contribution in [1.82, 2.24) is 10.3 Å². The number of pyridine rings is 1. The number of aromatic nitrogens is 1. The van der Waals surface area contributed by atoms with Crippen LogP contribution in [0.25, 0.3) is 0 Å². The lowest BCUT2D eigenvalue weighted by molar-refractivity contribution is -0.117. The number of halogens is 1. The summed E-state index contributed by atoms with van der Waals surface area (Å²) in [5, 5.41) is 3.07. The minimum Gasteiger partial charge on any atom is -0.478 e. The maximum Gasteiger partial charge on any atom is 0.271 e. The number of hydrogen-bond donors (Lipinski definition) is 1. The average Bonchev–Trinajstić information content (AvgIpc) is 3.08. The minimum absolute atomic E-state index is 0.136. The van der Waals surface area contributed by atoms with Gasteiger partial charge in [0.25, 0.3) is 5.91 Å². The molecule has 2 amide bonds. The number of rotatable bonds is 6. The molecule has 2 aromatic rings. The van der Waals surface area contributed by atoms with Crippen molar-refractivity contribution >= 4 is 29.1 Å². The second-order valence-electron chi connectivity index (χ2n) is 5.91. The molecule has 1 aliphatic rings. The molecule has 2 heterocycles. The Morgan fingerprint density at radius 2 is 2.04 bits per heavy atom. The van der Waals surface area contributed by atoms with Crippen LogP contribution in [0.1, 0.15) is 35.8 Å². The van der Waals surface area contributed by atoms with Crippen molar-refractivity contribution in [3.05, 3.63) is 52.7 Å². The van der Waals surface area contributed by atoms with E-state index in [0.29, 0.717) is 25.5 Å². The molecular formula is C19H20ClN3O3. The molecule has 1 aliphatic heterocycles. The Balaban J connectivity index is 1.62. The lowest BCUT2D eigenvalue weighted by atomic mass is 10.2. The second-order valence-corrected chi connectivity index (χ2v) is 6.32. The predicted molar refractivity (Wildman–Crippen MR) is 99.6 cm³/mol. The van der Waals surface area contributed by atoms with Crippen LogP contribution in [-0.2, 0) is 11.3 Å². The number of hydrogen-bond acceptors (Lipinski definition) is 4. The largest absolute Gasteiger partial charge is 0.478 e. The van der Waals surface area contributed by atoms with Gasteiger partial charge in [0.15, 0.2) is 5.69 Å². The van der Waals surface area contributed by atoms with E-state index < -0.39 is 0 Å². The Labute approximate surface area is 157 Å². The van der Waals surface area contributed by atoms with Gasteiger partial charge in [-0.3, -0.25) is 9.59 Å². The van der Waals surface area contributed by atoms with E-state index in [1.54, 1.807) is 17.0 Å². The molecule has 1 saturated heterocycles. The fourth-order valence-corrected chi connectivity index (χ4v) is 2.98. The van der Waals surface area contributed by atoms with Gasteiger partial charge in [-0.2, -0.15) is 0 Å². The predicted octanol–water partition coefficient (Wildman–Crippen LogP) is 3.19. The third-order valence-corrected chi connectivity index (χ3v) is 4.41. The van der Waals surface area contributed by atoms with Crippen molar-refractivity contribution in [2.75, 3.05) is 18.1 Å². The minimum atomic E-state index is -0.365. The van der Waals surface area contributed by atoms with Gasteiger partial charge in [-0.25, -0.2) is 4.98 Å². The summed E-state index contributed by atoms with van der Waals surface area (Å²) in [7, 11) is 0. The highest BCUT2D eigenvalue weighted by Gasteiger charge is 2.21. The van der Waals surface area contributed by atoms with Crippen molar-refractivity contribution in [3.8, 4) is 5.88 Å². The molecule has 7 heteroatoms.